The topological polar surface area (TPSA) is 138 Å². The molecule has 1 aliphatic heterocycles. The van der Waals surface area contributed by atoms with Crippen LogP contribution in [0.5, 0.6) is 11.5 Å². The number of nitrogens with zero attached hydrogens (tertiary/aromatic N) is 2. The van der Waals surface area contributed by atoms with Gasteiger partial charge in [-0.1, -0.05) is 42.5 Å². The Morgan fingerprint density at radius 2 is 1.79 bits per heavy atom. The molecule has 11 nitrogen and oxygen atoms in total. The molecular weight excluding hydrogens is 559 g/mol. The summed E-state index contributed by atoms with van der Waals surface area (Å²) in [5, 5.41) is 0. The zero-order chi connectivity index (χ0) is 30.7. The number of benzene rings is 2. The SMILES string of the molecule is CCOC(=O)c1c(OCc2ccccc2)c2ncc(Cc3ccc(F)cc3)c3c2n(c1=O)C[C@](C)(C(=O)NNC(C)=O)O3. The molecule has 0 fully saturated rings. The van der Waals surface area contributed by atoms with Crippen LogP contribution in [0.2, 0.25) is 0 Å². The molecule has 1 aliphatic rings. The molecule has 12 heteroatoms. The molecule has 0 radical (unpaired) electrons. The summed E-state index contributed by atoms with van der Waals surface area (Å²) in [5.74, 6) is -2.49. The minimum absolute atomic E-state index is 0.00364. The second kappa shape index (κ2) is 11.9. The van der Waals surface area contributed by atoms with Crippen molar-refractivity contribution < 1.29 is 33.0 Å². The molecule has 4 aromatic rings. The normalized spacial score (nSPS) is 15.3. The zero-order valence-electron chi connectivity index (χ0n) is 23.7. The van der Waals surface area contributed by atoms with Crippen LogP contribution in [0.1, 0.15) is 47.8 Å². The Morgan fingerprint density at radius 3 is 2.47 bits per heavy atom. The number of carbonyl (C=O) groups excluding carboxylic acids is 3. The Bertz CT molecular complexity index is 1770. The largest absolute Gasteiger partial charge is 0.485 e. The van der Waals surface area contributed by atoms with Gasteiger partial charge in [0, 0.05) is 25.1 Å². The van der Waals surface area contributed by atoms with Gasteiger partial charge >= 0.3 is 5.97 Å². The molecular formula is C31H29FN4O7. The first kappa shape index (κ1) is 29.2. The van der Waals surface area contributed by atoms with E-state index in [1.54, 1.807) is 19.1 Å². The minimum Gasteiger partial charge on any atom is -0.485 e. The van der Waals surface area contributed by atoms with E-state index in [0.717, 1.165) is 11.1 Å². The van der Waals surface area contributed by atoms with Gasteiger partial charge in [-0.3, -0.25) is 34.8 Å². The molecule has 222 valence electrons. The van der Waals surface area contributed by atoms with E-state index in [2.05, 4.69) is 15.8 Å². The van der Waals surface area contributed by atoms with Gasteiger partial charge in [-0.25, -0.2) is 9.18 Å². The number of halogens is 1. The van der Waals surface area contributed by atoms with Crippen LogP contribution in [0.4, 0.5) is 4.39 Å². The van der Waals surface area contributed by atoms with Gasteiger partial charge in [-0.05, 0) is 37.1 Å². The third kappa shape index (κ3) is 5.89. The molecule has 0 saturated heterocycles. The van der Waals surface area contributed by atoms with Gasteiger partial charge < -0.3 is 14.2 Å². The average Bonchev–Trinajstić information content (AvgIpc) is 2.99. The summed E-state index contributed by atoms with van der Waals surface area (Å²) in [4.78, 5) is 56.6. The second-order valence-electron chi connectivity index (χ2n) is 10.2. The maximum absolute atomic E-state index is 14.1. The number of hydrogen-bond donors (Lipinski definition) is 2. The zero-order valence-corrected chi connectivity index (χ0v) is 23.7. The van der Waals surface area contributed by atoms with Crippen molar-refractivity contribution in [2.24, 2.45) is 0 Å². The van der Waals surface area contributed by atoms with Gasteiger partial charge in [0.05, 0.1) is 13.2 Å². The number of rotatable bonds is 8. The molecule has 2 amide bonds. The van der Waals surface area contributed by atoms with Crippen molar-refractivity contribution in [3.8, 4) is 11.5 Å². The van der Waals surface area contributed by atoms with Crippen LogP contribution in [-0.4, -0.2) is 39.5 Å². The Morgan fingerprint density at radius 1 is 1.07 bits per heavy atom. The molecule has 5 rings (SSSR count). The number of carbonyl (C=O) groups is 3. The molecule has 0 spiro atoms. The molecule has 2 aromatic carbocycles. The molecule has 0 saturated carbocycles. The van der Waals surface area contributed by atoms with Crippen molar-refractivity contribution in [1.82, 2.24) is 20.4 Å². The summed E-state index contributed by atoms with van der Waals surface area (Å²) >= 11 is 0. The fourth-order valence-corrected chi connectivity index (χ4v) is 4.81. The van der Waals surface area contributed by atoms with Crippen molar-refractivity contribution >= 4 is 28.8 Å². The summed E-state index contributed by atoms with van der Waals surface area (Å²) < 4.78 is 32.5. The standard InChI is InChI=1S/C31H29FN4O7/c1-4-41-29(39)23-27(42-16-20-8-6-5-7-9-20)24-25-26(21(15-33-24)14-19-10-12-22(32)13-11-19)43-31(3,17-36(25)28(23)38)30(40)35-34-18(2)37/h5-13,15H,4,14,16-17H2,1-3H3,(H,34,37)(H,35,40)/t31-/m1/s1. The van der Waals surface area contributed by atoms with Crippen LogP contribution in [0, 0.1) is 5.82 Å². The lowest BCUT2D eigenvalue weighted by molar-refractivity contribution is -0.140. The highest BCUT2D eigenvalue weighted by Crippen LogP contribution is 2.41. The number of esters is 1. The lowest BCUT2D eigenvalue weighted by Gasteiger charge is -2.36. The van der Waals surface area contributed by atoms with Gasteiger partial charge in [0.25, 0.3) is 11.5 Å². The number of nitrogens with one attached hydrogen (secondary N) is 2. The smallest absolute Gasteiger partial charge is 0.347 e. The van der Waals surface area contributed by atoms with E-state index >= 15 is 0 Å². The third-order valence-corrected chi connectivity index (χ3v) is 6.88. The van der Waals surface area contributed by atoms with Crippen LogP contribution in [-0.2, 0) is 33.9 Å². The molecule has 0 bridgehead atoms. The number of aromatic nitrogens is 2. The second-order valence-corrected chi connectivity index (χ2v) is 10.2. The fraction of sp³-hybridized carbons (Fsp3) is 0.258. The number of ether oxygens (including phenoxy) is 3. The van der Waals surface area contributed by atoms with E-state index < -0.39 is 34.8 Å². The lowest BCUT2D eigenvalue weighted by Crippen LogP contribution is -2.58. The first-order valence-corrected chi connectivity index (χ1v) is 13.5. The van der Waals surface area contributed by atoms with Crippen molar-refractivity contribution in [2.75, 3.05) is 6.61 Å². The molecule has 0 unspecified atom stereocenters. The van der Waals surface area contributed by atoms with Crippen molar-refractivity contribution in [2.45, 2.75) is 45.9 Å². The highest BCUT2D eigenvalue weighted by Gasteiger charge is 2.43. The van der Waals surface area contributed by atoms with Gasteiger partial charge in [0.15, 0.2) is 17.1 Å². The number of amides is 2. The van der Waals surface area contributed by atoms with Crippen LogP contribution in [0.15, 0.2) is 65.6 Å². The first-order valence-electron chi connectivity index (χ1n) is 13.5. The molecule has 2 N–H and O–H groups in total. The van der Waals surface area contributed by atoms with E-state index in [0.29, 0.717) is 5.56 Å². The summed E-state index contributed by atoms with van der Waals surface area (Å²) in [6, 6.07) is 15.0. The Labute approximate surface area is 245 Å². The van der Waals surface area contributed by atoms with E-state index in [1.165, 1.54) is 36.7 Å². The molecule has 43 heavy (non-hydrogen) atoms. The van der Waals surface area contributed by atoms with E-state index in [-0.39, 0.29) is 54.3 Å². The van der Waals surface area contributed by atoms with Crippen LogP contribution in [0.3, 0.4) is 0 Å². The van der Waals surface area contributed by atoms with Gasteiger partial charge in [-0.15, -0.1) is 0 Å². The van der Waals surface area contributed by atoms with E-state index in [9.17, 15) is 23.6 Å². The van der Waals surface area contributed by atoms with Crippen molar-refractivity contribution in [1.29, 1.82) is 0 Å². The summed E-state index contributed by atoms with van der Waals surface area (Å²) in [6.45, 7) is 3.99. The molecule has 0 aliphatic carbocycles. The maximum Gasteiger partial charge on any atom is 0.347 e. The van der Waals surface area contributed by atoms with Crippen LogP contribution >= 0.6 is 0 Å². The Kier molecular flexibility index (Phi) is 8.11. The summed E-state index contributed by atoms with van der Waals surface area (Å²) in [6.07, 6.45) is 1.72. The van der Waals surface area contributed by atoms with Gasteiger partial charge in [0.2, 0.25) is 11.5 Å². The summed E-state index contributed by atoms with van der Waals surface area (Å²) in [5.41, 5.74) is 4.05. The summed E-state index contributed by atoms with van der Waals surface area (Å²) in [7, 11) is 0. The van der Waals surface area contributed by atoms with E-state index in [4.69, 9.17) is 14.2 Å². The van der Waals surface area contributed by atoms with Crippen LogP contribution in [0.25, 0.3) is 11.0 Å². The highest BCUT2D eigenvalue weighted by atomic mass is 19.1. The lowest BCUT2D eigenvalue weighted by atomic mass is 9.99. The average molecular weight is 589 g/mol. The van der Waals surface area contributed by atoms with Crippen LogP contribution < -0.4 is 25.9 Å². The van der Waals surface area contributed by atoms with Gasteiger partial charge in [0.1, 0.15) is 23.5 Å². The fourth-order valence-electron chi connectivity index (χ4n) is 4.81. The maximum atomic E-state index is 14.1. The number of hydrogen-bond acceptors (Lipinski definition) is 8. The van der Waals surface area contributed by atoms with E-state index in [1.807, 2.05) is 30.3 Å². The molecule has 1 atom stereocenters. The Balaban J connectivity index is 1.72. The van der Waals surface area contributed by atoms with Crippen molar-refractivity contribution in [3.05, 3.63) is 99.2 Å². The van der Waals surface area contributed by atoms with Crippen molar-refractivity contribution in [3.63, 3.8) is 0 Å². The quantitative estimate of drug-likeness (QED) is 0.237. The number of hydrazine groups is 1. The van der Waals surface area contributed by atoms with Gasteiger partial charge in [-0.2, -0.15) is 0 Å². The predicted octanol–water partition coefficient (Wildman–Crippen LogP) is 3.20. The Hall–Kier alpha value is -5.26. The highest BCUT2D eigenvalue weighted by molar-refractivity contribution is 6.01. The third-order valence-electron chi connectivity index (χ3n) is 6.88. The molecule has 2 aromatic heterocycles. The first-order chi connectivity index (χ1) is 20.6. The molecule has 3 heterocycles. The number of pyridine rings is 2. The predicted molar refractivity (Wildman–Crippen MR) is 153 cm³/mol. The minimum atomic E-state index is -1.70. The monoisotopic (exact) mass is 588 g/mol.